The molecule has 0 atom stereocenters. The van der Waals surface area contributed by atoms with Crippen LogP contribution < -0.4 is 0 Å². The summed E-state index contributed by atoms with van der Waals surface area (Å²) in [7, 11) is 0. The first kappa shape index (κ1) is 9.66. The highest BCUT2D eigenvalue weighted by Crippen LogP contribution is 2.11. The predicted octanol–water partition coefficient (Wildman–Crippen LogP) is 1.19. The van der Waals surface area contributed by atoms with Crippen molar-refractivity contribution in [2.24, 2.45) is 0 Å². The highest BCUT2D eigenvalue weighted by molar-refractivity contribution is 5.92. The van der Waals surface area contributed by atoms with Gasteiger partial charge in [0.05, 0.1) is 11.6 Å². The highest BCUT2D eigenvalue weighted by atomic mass is 16.2. The molecule has 1 aromatic heterocycles. The van der Waals surface area contributed by atoms with Crippen molar-refractivity contribution in [1.29, 1.82) is 5.26 Å². The number of carbonyl (C=O) groups excluding carboxylic acids is 1. The van der Waals surface area contributed by atoms with Crippen LogP contribution in [0.15, 0.2) is 18.3 Å². The van der Waals surface area contributed by atoms with Gasteiger partial charge in [-0.2, -0.15) is 5.26 Å². The lowest BCUT2D eigenvalue weighted by Gasteiger charge is -2.14. The first-order valence-corrected chi connectivity index (χ1v) is 4.96. The molecule has 2 heterocycles. The summed E-state index contributed by atoms with van der Waals surface area (Å²) in [6.45, 7) is 1.61. The van der Waals surface area contributed by atoms with Gasteiger partial charge in [-0.15, -0.1) is 0 Å². The fourth-order valence-corrected chi connectivity index (χ4v) is 1.70. The molecule has 1 fully saturated rings. The Hall–Kier alpha value is -1.89. The summed E-state index contributed by atoms with van der Waals surface area (Å²) in [4.78, 5) is 17.6. The third kappa shape index (κ3) is 1.96. The summed E-state index contributed by atoms with van der Waals surface area (Å²) < 4.78 is 0. The van der Waals surface area contributed by atoms with Gasteiger partial charge in [0.2, 0.25) is 0 Å². The average molecular weight is 201 g/mol. The van der Waals surface area contributed by atoms with E-state index in [9.17, 15) is 4.79 Å². The van der Waals surface area contributed by atoms with Crippen LogP contribution >= 0.6 is 0 Å². The van der Waals surface area contributed by atoms with E-state index >= 15 is 0 Å². The van der Waals surface area contributed by atoms with Crippen molar-refractivity contribution >= 4 is 5.91 Å². The second-order valence-corrected chi connectivity index (χ2v) is 3.54. The van der Waals surface area contributed by atoms with Crippen molar-refractivity contribution in [3.63, 3.8) is 0 Å². The molecule has 1 amide bonds. The number of pyridine rings is 1. The number of rotatable bonds is 1. The third-order valence-corrected chi connectivity index (χ3v) is 2.50. The maximum Gasteiger partial charge on any atom is 0.272 e. The number of likely N-dealkylation sites (tertiary alicyclic amines) is 1. The molecule has 0 saturated carbocycles. The van der Waals surface area contributed by atoms with Crippen molar-refractivity contribution < 1.29 is 4.79 Å². The molecule has 0 radical (unpaired) electrons. The molecule has 0 bridgehead atoms. The summed E-state index contributed by atoms with van der Waals surface area (Å²) in [5.74, 6) is -0.0652. The monoisotopic (exact) mass is 201 g/mol. The summed E-state index contributed by atoms with van der Waals surface area (Å²) in [6, 6.07) is 5.14. The summed E-state index contributed by atoms with van der Waals surface area (Å²) in [5.41, 5.74) is 0.850. The molecule has 4 heteroatoms. The lowest BCUT2D eigenvalue weighted by atomic mass is 10.2. The van der Waals surface area contributed by atoms with E-state index < -0.39 is 0 Å². The number of hydrogen-bond acceptors (Lipinski definition) is 3. The summed E-state index contributed by atoms with van der Waals surface area (Å²) in [5, 5.41) is 8.71. The molecule has 0 aliphatic carbocycles. The van der Waals surface area contributed by atoms with Crippen LogP contribution in [-0.2, 0) is 0 Å². The Kier molecular flexibility index (Phi) is 2.64. The van der Waals surface area contributed by atoms with Crippen molar-refractivity contribution in [2.75, 3.05) is 13.1 Å². The number of amides is 1. The van der Waals surface area contributed by atoms with E-state index in [1.807, 2.05) is 6.07 Å². The van der Waals surface area contributed by atoms with Crippen LogP contribution in [0.3, 0.4) is 0 Å². The SMILES string of the molecule is N#Cc1ccnc(C(=O)N2CCCC2)c1. The standard InChI is InChI=1S/C11H11N3O/c12-8-9-3-4-13-10(7-9)11(15)14-5-1-2-6-14/h3-4,7H,1-2,5-6H2. The molecule has 4 nitrogen and oxygen atoms in total. The van der Waals surface area contributed by atoms with Crippen LogP contribution in [0.2, 0.25) is 0 Å². The summed E-state index contributed by atoms with van der Waals surface area (Å²) in [6.07, 6.45) is 3.62. The first-order valence-electron chi connectivity index (χ1n) is 4.96. The van der Waals surface area contributed by atoms with Crippen LogP contribution in [0.25, 0.3) is 0 Å². The largest absolute Gasteiger partial charge is 0.337 e. The van der Waals surface area contributed by atoms with Crippen LogP contribution in [0.4, 0.5) is 0 Å². The van der Waals surface area contributed by atoms with Gasteiger partial charge in [0, 0.05) is 19.3 Å². The van der Waals surface area contributed by atoms with E-state index in [-0.39, 0.29) is 5.91 Å². The fourth-order valence-electron chi connectivity index (χ4n) is 1.70. The quantitative estimate of drug-likeness (QED) is 0.685. The second kappa shape index (κ2) is 4.09. The van der Waals surface area contributed by atoms with Gasteiger partial charge in [-0.3, -0.25) is 9.78 Å². The Morgan fingerprint density at radius 3 is 2.87 bits per heavy atom. The van der Waals surface area contributed by atoms with Crippen molar-refractivity contribution in [2.45, 2.75) is 12.8 Å². The number of aromatic nitrogens is 1. The highest BCUT2D eigenvalue weighted by Gasteiger charge is 2.20. The van der Waals surface area contributed by atoms with Gasteiger partial charge in [-0.25, -0.2) is 0 Å². The van der Waals surface area contributed by atoms with E-state index in [0.717, 1.165) is 25.9 Å². The van der Waals surface area contributed by atoms with Crippen molar-refractivity contribution in [3.05, 3.63) is 29.6 Å². The molecule has 0 unspecified atom stereocenters. The zero-order valence-electron chi connectivity index (χ0n) is 8.31. The predicted molar refractivity (Wildman–Crippen MR) is 54.1 cm³/mol. The van der Waals surface area contributed by atoms with Crippen LogP contribution in [0.1, 0.15) is 28.9 Å². The number of nitriles is 1. The molecule has 1 saturated heterocycles. The Bertz CT molecular complexity index is 416. The van der Waals surface area contributed by atoms with E-state index in [1.165, 1.54) is 6.20 Å². The van der Waals surface area contributed by atoms with Gasteiger partial charge in [0.15, 0.2) is 0 Å². The Labute approximate surface area is 88.1 Å². The minimum Gasteiger partial charge on any atom is -0.337 e. The molecule has 0 spiro atoms. The van der Waals surface area contributed by atoms with Crippen LogP contribution in [0.5, 0.6) is 0 Å². The van der Waals surface area contributed by atoms with Gasteiger partial charge in [0.25, 0.3) is 5.91 Å². The zero-order valence-corrected chi connectivity index (χ0v) is 8.31. The lowest BCUT2D eigenvalue weighted by molar-refractivity contribution is 0.0787. The maximum atomic E-state index is 11.9. The molecule has 1 aliphatic rings. The van der Waals surface area contributed by atoms with E-state index in [2.05, 4.69) is 4.98 Å². The Balaban J connectivity index is 2.21. The van der Waals surface area contributed by atoms with Crippen molar-refractivity contribution in [1.82, 2.24) is 9.88 Å². The molecule has 1 aromatic rings. The normalized spacial score (nSPS) is 15.0. The van der Waals surface area contributed by atoms with Gasteiger partial charge < -0.3 is 4.90 Å². The third-order valence-electron chi connectivity index (χ3n) is 2.50. The molecular weight excluding hydrogens is 190 g/mol. The van der Waals surface area contributed by atoms with Crippen LogP contribution in [-0.4, -0.2) is 28.9 Å². The van der Waals surface area contributed by atoms with Gasteiger partial charge in [-0.05, 0) is 25.0 Å². The smallest absolute Gasteiger partial charge is 0.272 e. The number of hydrogen-bond donors (Lipinski definition) is 0. The molecular formula is C11H11N3O. The molecule has 2 rings (SSSR count). The van der Waals surface area contributed by atoms with Crippen molar-refractivity contribution in [3.8, 4) is 6.07 Å². The lowest BCUT2D eigenvalue weighted by Crippen LogP contribution is -2.28. The van der Waals surface area contributed by atoms with E-state index in [4.69, 9.17) is 5.26 Å². The first-order chi connectivity index (χ1) is 7.31. The number of carbonyl (C=O) groups is 1. The van der Waals surface area contributed by atoms with Gasteiger partial charge in [-0.1, -0.05) is 0 Å². The fraction of sp³-hybridized carbons (Fsp3) is 0.364. The molecule has 0 N–H and O–H groups in total. The van der Waals surface area contributed by atoms with E-state index in [1.54, 1.807) is 17.0 Å². The molecule has 1 aliphatic heterocycles. The van der Waals surface area contributed by atoms with E-state index in [0.29, 0.717) is 11.3 Å². The second-order valence-electron chi connectivity index (χ2n) is 3.54. The minimum atomic E-state index is -0.0652. The Morgan fingerprint density at radius 2 is 2.20 bits per heavy atom. The zero-order chi connectivity index (χ0) is 10.7. The average Bonchev–Trinajstić information content (AvgIpc) is 2.81. The maximum absolute atomic E-state index is 11.9. The van der Waals surface area contributed by atoms with Gasteiger partial charge in [0.1, 0.15) is 5.69 Å². The molecule has 0 aromatic carbocycles. The topological polar surface area (TPSA) is 57.0 Å². The number of nitrogens with zero attached hydrogens (tertiary/aromatic N) is 3. The minimum absolute atomic E-state index is 0.0652. The molecule has 76 valence electrons. The molecule has 15 heavy (non-hydrogen) atoms. The Morgan fingerprint density at radius 1 is 1.47 bits per heavy atom. The van der Waals surface area contributed by atoms with Crippen LogP contribution in [0, 0.1) is 11.3 Å². The van der Waals surface area contributed by atoms with Gasteiger partial charge >= 0.3 is 0 Å². The summed E-state index contributed by atoms with van der Waals surface area (Å²) >= 11 is 0.